The van der Waals surface area contributed by atoms with Gasteiger partial charge in [0, 0.05) is 104 Å². The van der Waals surface area contributed by atoms with E-state index < -0.39 is 11.4 Å². The van der Waals surface area contributed by atoms with E-state index in [1.807, 2.05) is 46.9 Å². The van der Waals surface area contributed by atoms with Crippen LogP contribution in [-0.2, 0) is 20.4 Å². The van der Waals surface area contributed by atoms with Crippen LogP contribution in [0.1, 0.15) is 112 Å². The van der Waals surface area contributed by atoms with Crippen LogP contribution in [0.4, 0.5) is 0 Å². The van der Waals surface area contributed by atoms with Crippen molar-refractivity contribution >= 4 is 69.6 Å². The van der Waals surface area contributed by atoms with E-state index in [-0.39, 0.29) is 39.5 Å². The van der Waals surface area contributed by atoms with Crippen molar-refractivity contribution in [2.24, 2.45) is 10.8 Å². The van der Waals surface area contributed by atoms with Gasteiger partial charge in [-0.05, 0) is 139 Å². The highest BCUT2D eigenvalue weighted by Crippen LogP contribution is 2.41. The minimum Gasteiger partial charge on any atom is -0.478 e. The number of benzene rings is 2. The zero-order valence-electron chi connectivity index (χ0n) is 41.2. The molecule has 4 aromatic heterocycles. The Labute approximate surface area is 434 Å². The van der Waals surface area contributed by atoms with Crippen LogP contribution in [0.15, 0.2) is 96.0 Å². The summed E-state index contributed by atoms with van der Waals surface area (Å²) in [5.74, 6) is -0.689. The third kappa shape index (κ3) is 11.8. The number of aromatic carboxylic acids is 1. The van der Waals surface area contributed by atoms with Crippen LogP contribution in [0.2, 0.25) is 10.0 Å². The summed E-state index contributed by atoms with van der Waals surface area (Å²) in [5.41, 5.74) is 8.38. The van der Waals surface area contributed by atoms with Crippen LogP contribution in [0.3, 0.4) is 0 Å². The lowest BCUT2D eigenvalue weighted by Crippen LogP contribution is -2.49. The van der Waals surface area contributed by atoms with Gasteiger partial charge in [-0.2, -0.15) is 0 Å². The number of carboxylic acids is 1. The molecule has 6 aromatic rings. The number of pyridine rings is 2. The lowest BCUT2D eigenvalue weighted by molar-refractivity contribution is -0.130. The minimum absolute atomic E-state index is 0.00787. The maximum atomic E-state index is 13.3. The molecule has 10 rings (SSSR count). The van der Waals surface area contributed by atoms with Crippen LogP contribution in [0.25, 0.3) is 43.1 Å². The molecule has 2 spiro atoms. The highest BCUT2D eigenvalue weighted by Gasteiger charge is 2.46. The molecular weight excluding hydrogens is 972 g/mol. The summed E-state index contributed by atoms with van der Waals surface area (Å²) < 4.78 is 0. The summed E-state index contributed by atoms with van der Waals surface area (Å²) in [5, 5.41) is 23.3. The van der Waals surface area contributed by atoms with Crippen LogP contribution in [-0.4, -0.2) is 82.9 Å². The second-order valence-corrected chi connectivity index (χ2v) is 23.8. The Bertz CT molecular complexity index is 2950. The molecule has 0 bridgehead atoms. The van der Waals surface area contributed by atoms with Crippen LogP contribution >= 0.6 is 45.9 Å². The molecule has 0 saturated carbocycles. The van der Waals surface area contributed by atoms with Crippen molar-refractivity contribution in [3.63, 3.8) is 0 Å². The fraction of sp³-hybridized carbons (Fsp3) is 0.393. The van der Waals surface area contributed by atoms with Crippen molar-refractivity contribution in [2.45, 2.75) is 90.9 Å². The molecule has 4 saturated heterocycles. The molecule has 4 aliphatic heterocycles. The van der Waals surface area contributed by atoms with Crippen molar-refractivity contribution < 1.29 is 24.3 Å². The number of hydrogen-bond donors (Lipinski definition) is 4. The summed E-state index contributed by atoms with van der Waals surface area (Å²) in [7, 11) is 0. The minimum atomic E-state index is -0.981. The van der Waals surface area contributed by atoms with Gasteiger partial charge in [-0.15, -0.1) is 22.7 Å². The van der Waals surface area contributed by atoms with Gasteiger partial charge in [0.1, 0.15) is 0 Å². The molecule has 372 valence electrons. The maximum Gasteiger partial charge on any atom is 0.335 e. The number of carbonyl (C=O) groups excluding carboxylic acids is 3. The predicted octanol–water partition coefficient (Wildman–Crippen LogP) is 12.2. The fourth-order valence-electron chi connectivity index (χ4n) is 9.69. The van der Waals surface area contributed by atoms with Crippen LogP contribution in [0.5, 0.6) is 0 Å². The number of likely N-dealkylation sites (tertiary alicyclic amines) is 1. The number of amides is 3. The number of nitrogens with one attached hydrogen (secondary N) is 3. The first-order chi connectivity index (χ1) is 33.7. The zero-order chi connectivity index (χ0) is 50.7. The number of halogens is 2. The average Bonchev–Trinajstić information content (AvgIpc) is 4.18. The van der Waals surface area contributed by atoms with E-state index >= 15 is 0 Å². The van der Waals surface area contributed by atoms with Crippen molar-refractivity contribution in [2.75, 3.05) is 39.3 Å². The van der Waals surface area contributed by atoms with E-state index in [4.69, 9.17) is 28.3 Å². The van der Waals surface area contributed by atoms with Crippen LogP contribution < -0.4 is 16.0 Å². The lowest BCUT2D eigenvalue weighted by atomic mass is 9.78. The maximum absolute atomic E-state index is 13.3. The third-order valence-electron chi connectivity index (χ3n) is 14.0. The summed E-state index contributed by atoms with van der Waals surface area (Å²) in [6.07, 6.45) is 9.43. The highest BCUT2D eigenvalue weighted by molar-refractivity contribution is 7.14. The predicted molar refractivity (Wildman–Crippen MR) is 288 cm³/mol. The summed E-state index contributed by atoms with van der Waals surface area (Å²) in [6.45, 7) is 17.6. The molecule has 4 N–H and O–H groups in total. The van der Waals surface area contributed by atoms with E-state index in [1.54, 1.807) is 40.9 Å². The molecule has 3 amide bonds. The number of nitrogens with zero attached hydrogens (tertiary/aromatic N) is 3. The van der Waals surface area contributed by atoms with E-state index in [0.29, 0.717) is 35.2 Å². The van der Waals surface area contributed by atoms with Gasteiger partial charge in [-0.1, -0.05) is 76.9 Å². The largest absolute Gasteiger partial charge is 0.478 e. The van der Waals surface area contributed by atoms with Gasteiger partial charge in [0.15, 0.2) is 0 Å². The number of hydrogen-bond acceptors (Lipinski definition) is 9. The molecule has 15 heteroatoms. The quantitative estimate of drug-likeness (QED) is 0.129. The first kappa shape index (κ1) is 51.9. The van der Waals surface area contributed by atoms with Gasteiger partial charge in [0.2, 0.25) is 11.8 Å². The van der Waals surface area contributed by atoms with Crippen molar-refractivity contribution in [3.05, 3.63) is 129 Å². The second-order valence-electron chi connectivity index (χ2n) is 21.1. The van der Waals surface area contributed by atoms with E-state index in [9.17, 15) is 19.2 Å². The first-order valence-corrected chi connectivity index (χ1v) is 26.8. The Morgan fingerprint density at radius 1 is 0.634 bits per heavy atom. The van der Waals surface area contributed by atoms with Gasteiger partial charge in [0.25, 0.3) is 5.91 Å². The Morgan fingerprint density at radius 3 is 1.61 bits per heavy atom. The SMILES string of the molecule is CC(C)(C)c1cc(-c2cc(-c3ccc(C(=O)N4CCCC5(CCNC5=O)C4)cc3Cl)cs2)ccn1.CC(C)(C)c1cc(-c2cc(-c3ccc(C(=O)O)cc3Cl)cs2)ccn1.O=C1NCCC12CCCNC2. The Morgan fingerprint density at radius 2 is 1.14 bits per heavy atom. The first-order valence-electron chi connectivity index (χ1n) is 24.3. The molecule has 0 radical (unpaired) electrons. The molecule has 4 fully saturated rings. The molecular formula is C56H62Cl2N6O5S2. The third-order valence-corrected chi connectivity index (χ3v) is 16.5. The molecule has 4 aliphatic rings. The smallest absolute Gasteiger partial charge is 0.335 e. The molecule has 71 heavy (non-hydrogen) atoms. The number of rotatable bonds is 6. The lowest BCUT2D eigenvalue weighted by Gasteiger charge is -2.38. The topological polar surface area (TPSA) is 154 Å². The molecule has 8 heterocycles. The van der Waals surface area contributed by atoms with Gasteiger partial charge < -0.3 is 26.0 Å². The Kier molecular flexibility index (Phi) is 15.6. The van der Waals surface area contributed by atoms with E-state index in [0.717, 1.165) is 113 Å². The normalized spacial score (nSPS) is 19.9. The molecule has 2 atom stereocenters. The van der Waals surface area contributed by atoms with Crippen molar-refractivity contribution in [1.82, 2.24) is 30.8 Å². The van der Waals surface area contributed by atoms with Crippen molar-refractivity contribution in [1.29, 1.82) is 0 Å². The molecule has 2 aromatic carbocycles. The second kappa shape index (κ2) is 21.3. The fourth-order valence-corrected chi connectivity index (χ4v) is 12.1. The molecule has 0 aliphatic carbocycles. The summed E-state index contributed by atoms with van der Waals surface area (Å²) in [4.78, 5) is 61.2. The Hall–Kier alpha value is -5.44. The van der Waals surface area contributed by atoms with Crippen molar-refractivity contribution in [3.8, 4) is 43.1 Å². The average molecular weight is 1030 g/mol. The molecule has 11 nitrogen and oxygen atoms in total. The van der Waals surface area contributed by atoms with E-state index in [1.165, 1.54) is 6.07 Å². The zero-order valence-corrected chi connectivity index (χ0v) is 44.4. The van der Waals surface area contributed by atoms with E-state index in [2.05, 4.69) is 97.1 Å². The number of carbonyl (C=O) groups is 4. The number of aromatic nitrogens is 2. The van der Waals surface area contributed by atoms with Gasteiger partial charge in [-0.25, -0.2) is 4.79 Å². The van der Waals surface area contributed by atoms with Gasteiger partial charge >= 0.3 is 5.97 Å². The number of carboxylic acid groups (broad SMARTS) is 1. The van der Waals surface area contributed by atoms with Gasteiger partial charge in [-0.3, -0.25) is 24.4 Å². The number of thiophene rings is 2. The highest BCUT2D eigenvalue weighted by atomic mass is 35.5. The Balaban J connectivity index is 0.000000162. The monoisotopic (exact) mass is 1030 g/mol. The summed E-state index contributed by atoms with van der Waals surface area (Å²) >= 11 is 16.3. The number of piperidine rings is 2. The molecule has 2 unspecified atom stereocenters. The standard InChI is InChI=1S/C28H30ClN3O2S.C20H18ClNO2S.C8H14N2O/c1-27(2,3)24-15-18(7-10-30-24)23-14-20(16-35-23)21-6-5-19(13-22(21)29)25(33)32-12-4-8-28(17-32)9-11-31-26(28)34;1-20(2,3)18-10-12(6-7-22-18)17-9-14(11-25-17)15-5-4-13(19(23)24)8-16(15)21;11-7-8(3-5-10-7)2-1-4-9-6-8/h5-7,10,13-16H,4,8-9,11-12,17H2,1-3H3,(H,31,34);4-11H,1-3H3,(H,23,24);9H,1-6H2,(H,10,11). The van der Waals surface area contributed by atoms with Gasteiger partial charge in [0.05, 0.1) is 16.4 Å². The summed E-state index contributed by atoms with van der Waals surface area (Å²) in [6, 6.07) is 22.9. The van der Waals surface area contributed by atoms with Crippen LogP contribution in [0, 0.1) is 10.8 Å².